The number of fused-ring (bicyclic) bond motifs is 1. The highest BCUT2D eigenvalue weighted by atomic mass is 79.9. The van der Waals surface area contributed by atoms with Crippen LogP contribution < -0.4 is 0 Å². The minimum Gasteiger partial charge on any atom is -0.360 e. The van der Waals surface area contributed by atoms with Crippen LogP contribution in [0, 0.1) is 0 Å². The SMILES string of the molecule is CCCCCCCCCC(=O)c1c[nH]c2ccc(Br)cc12. The van der Waals surface area contributed by atoms with E-state index in [1.165, 1.54) is 38.5 Å². The van der Waals surface area contributed by atoms with Crippen LogP contribution in [-0.4, -0.2) is 10.8 Å². The van der Waals surface area contributed by atoms with Gasteiger partial charge in [0.25, 0.3) is 0 Å². The maximum absolute atomic E-state index is 12.3. The van der Waals surface area contributed by atoms with Crippen molar-refractivity contribution in [2.45, 2.75) is 58.3 Å². The predicted molar refractivity (Wildman–Crippen MR) is 92.9 cm³/mol. The molecule has 114 valence electrons. The first-order valence-electron chi connectivity index (χ1n) is 8.02. The van der Waals surface area contributed by atoms with Gasteiger partial charge in [-0.25, -0.2) is 0 Å². The van der Waals surface area contributed by atoms with E-state index in [1.807, 2.05) is 24.4 Å². The molecule has 0 amide bonds. The van der Waals surface area contributed by atoms with Gasteiger partial charge in [0, 0.05) is 33.6 Å². The number of hydrogen-bond acceptors (Lipinski definition) is 1. The van der Waals surface area contributed by atoms with Gasteiger partial charge in [0.15, 0.2) is 5.78 Å². The Kier molecular flexibility index (Phi) is 6.50. The number of Topliss-reactive ketones (excluding diaryl/α,β-unsaturated/α-hetero) is 1. The molecule has 0 aliphatic heterocycles. The lowest BCUT2D eigenvalue weighted by atomic mass is 10.0. The fourth-order valence-electron chi connectivity index (χ4n) is 2.70. The average molecular weight is 350 g/mol. The summed E-state index contributed by atoms with van der Waals surface area (Å²) in [4.78, 5) is 15.5. The van der Waals surface area contributed by atoms with E-state index < -0.39 is 0 Å². The van der Waals surface area contributed by atoms with Crippen LogP contribution >= 0.6 is 15.9 Å². The number of unbranched alkanes of at least 4 members (excludes halogenated alkanes) is 6. The number of ketones is 1. The molecule has 0 atom stereocenters. The van der Waals surface area contributed by atoms with E-state index in [0.29, 0.717) is 6.42 Å². The van der Waals surface area contributed by atoms with Crippen molar-refractivity contribution in [3.05, 3.63) is 34.4 Å². The van der Waals surface area contributed by atoms with E-state index >= 15 is 0 Å². The zero-order chi connectivity index (χ0) is 15.1. The Balaban J connectivity index is 1.81. The van der Waals surface area contributed by atoms with Gasteiger partial charge in [-0.2, -0.15) is 0 Å². The van der Waals surface area contributed by atoms with Crippen LogP contribution in [0.3, 0.4) is 0 Å². The fourth-order valence-corrected chi connectivity index (χ4v) is 3.06. The quantitative estimate of drug-likeness (QED) is 0.420. The molecule has 0 unspecified atom stereocenters. The Morgan fingerprint density at radius 3 is 2.57 bits per heavy atom. The number of H-pyrrole nitrogens is 1. The third kappa shape index (κ3) is 4.70. The number of rotatable bonds is 9. The molecule has 1 aromatic heterocycles. The maximum Gasteiger partial charge on any atom is 0.165 e. The lowest BCUT2D eigenvalue weighted by molar-refractivity contribution is 0.0980. The molecule has 0 bridgehead atoms. The second-order valence-corrected chi connectivity index (χ2v) is 6.60. The number of halogens is 1. The highest BCUT2D eigenvalue weighted by Gasteiger charge is 2.11. The highest BCUT2D eigenvalue weighted by molar-refractivity contribution is 9.10. The normalized spacial score (nSPS) is 11.1. The predicted octanol–water partition coefficient (Wildman–Crippen LogP) is 6.25. The molecule has 0 aliphatic rings. The van der Waals surface area contributed by atoms with Crippen molar-refractivity contribution in [1.82, 2.24) is 4.98 Å². The second kappa shape index (κ2) is 8.38. The lowest BCUT2D eigenvalue weighted by Gasteiger charge is -2.01. The number of carbonyl (C=O) groups excluding carboxylic acids is 1. The standard InChI is InChI=1S/C18H24BrNO/c1-2-3-4-5-6-7-8-9-18(21)16-13-20-17-11-10-14(19)12-15(16)17/h10-13,20H,2-9H2,1H3. The van der Waals surface area contributed by atoms with E-state index in [0.717, 1.165) is 27.4 Å². The molecule has 1 aromatic carbocycles. The van der Waals surface area contributed by atoms with Crippen molar-refractivity contribution >= 4 is 32.6 Å². The van der Waals surface area contributed by atoms with Gasteiger partial charge >= 0.3 is 0 Å². The van der Waals surface area contributed by atoms with Gasteiger partial charge in [-0.3, -0.25) is 4.79 Å². The number of nitrogens with one attached hydrogen (secondary N) is 1. The van der Waals surface area contributed by atoms with Crippen molar-refractivity contribution in [1.29, 1.82) is 0 Å². The van der Waals surface area contributed by atoms with Gasteiger partial charge in [-0.15, -0.1) is 0 Å². The molecular formula is C18H24BrNO. The molecule has 0 spiro atoms. The molecule has 0 saturated heterocycles. The van der Waals surface area contributed by atoms with Crippen molar-refractivity contribution < 1.29 is 4.79 Å². The first-order valence-corrected chi connectivity index (χ1v) is 8.81. The van der Waals surface area contributed by atoms with Crippen molar-refractivity contribution in [3.8, 4) is 0 Å². The molecule has 1 heterocycles. The molecule has 21 heavy (non-hydrogen) atoms. The lowest BCUT2D eigenvalue weighted by Crippen LogP contribution is -1.97. The first kappa shape index (κ1) is 16.3. The molecule has 2 rings (SSSR count). The molecule has 0 saturated carbocycles. The minimum atomic E-state index is 0.257. The van der Waals surface area contributed by atoms with E-state index in [1.54, 1.807) is 0 Å². The van der Waals surface area contributed by atoms with E-state index in [9.17, 15) is 4.79 Å². The molecular weight excluding hydrogens is 326 g/mol. The second-order valence-electron chi connectivity index (χ2n) is 5.69. The van der Waals surface area contributed by atoms with E-state index in [2.05, 4.69) is 27.8 Å². The van der Waals surface area contributed by atoms with Crippen LogP contribution in [0.2, 0.25) is 0 Å². The van der Waals surface area contributed by atoms with Gasteiger partial charge in [-0.05, 0) is 24.6 Å². The van der Waals surface area contributed by atoms with Gasteiger partial charge in [0.05, 0.1) is 0 Å². The molecule has 0 fully saturated rings. The zero-order valence-electron chi connectivity index (χ0n) is 12.8. The summed E-state index contributed by atoms with van der Waals surface area (Å²) in [5.41, 5.74) is 1.86. The van der Waals surface area contributed by atoms with Crippen molar-refractivity contribution in [3.63, 3.8) is 0 Å². The van der Waals surface area contributed by atoms with Crippen LogP contribution in [-0.2, 0) is 0 Å². The summed E-state index contributed by atoms with van der Waals surface area (Å²) in [7, 11) is 0. The summed E-state index contributed by atoms with van der Waals surface area (Å²) < 4.78 is 1.01. The first-order chi connectivity index (χ1) is 10.2. The minimum absolute atomic E-state index is 0.257. The average Bonchev–Trinajstić information content (AvgIpc) is 2.89. The number of aromatic nitrogens is 1. The van der Waals surface area contributed by atoms with Gasteiger partial charge in [0.2, 0.25) is 0 Å². The summed E-state index contributed by atoms with van der Waals surface area (Å²) in [6, 6.07) is 6.01. The Morgan fingerprint density at radius 1 is 1.10 bits per heavy atom. The zero-order valence-corrected chi connectivity index (χ0v) is 14.3. The van der Waals surface area contributed by atoms with E-state index in [-0.39, 0.29) is 5.78 Å². The fraction of sp³-hybridized carbons (Fsp3) is 0.500. The topological polar surface area (TPSA) is 32.9 Å². The Labute approximate surface area is 135 Å². The van der Waals surface area contributed by atoms with Crippen LogP contribution in [0.25, 0.3) is 10.9 Å². The number of carbonyl (C=O) groups is 1. The Hall–Kier alpha value is -1.09. The third-order valence-corrected chi connectivity index (χ3v) is 4.44. The van der Waals surface area contributed by atoms with Crippen LogP contribution in [0.4, 0.5) is 0 Å². The Morgan fingerprint density at radius 2 is 1.81 bits per heavy atom. The number of hydrogen-bond donors (Lipinski definition) is 1. The van der Waals surface area contributed by atoms with Crippen molar-refractivity contribution in [2.75, 3.05) is 0 Å². The smallest absolute Gasteiger partial charge is 0.165 e. The van der Waals surface area contributed by atoms with Gasteiger partial charge in [-0.1, -0.05) is 61.4 Å². The summed E-state index contributed by atoms with van der Waals surface area (Å²) in [5, 5.41) is 1.03. The number of benzene rings is 1. The van der Waals surface area contributed by atoms with Gasteiger partial charge < -0.3 is 4.98 Å². The van der Waals surface area contributed by atoms with E-state index in [4.69, 9.17) is 0 Å². The Bertz CT molecular complexity index is 588. The molecule has 1 N–H and O–H groups in total. The summed E-state index contributed by atoms with van der Waals surface area (Å²) in [5.74, 6) is 0.257. The summed E-state index contributed by atoms with van der Waals surface area (Å²) >= 11 is 3.47. The van der Waals surface area contributed by atoms with Crippen LogP contribution in [0.1, 0.15) is 68.6 Å². The highest BCUT2D eigenvalue weighted by Crippen LogP contribution is 2.24. The third-order valence-electron chi connectivity index (χ3n) is 3.95. The maximum atomic E-state index is 12.3. The summed E-state index contributed by atoms with van der Waals surface area (Å²) in [6.45, 7) is 2.23. The molecule has 3 heteroatoms. The molecule has 0 aliphatic carbocycles. The van der Waals surface area contributed by atoms with Crippen LogP contribution in [0.15, 0.2) is 28.9 Å². The van der Waals surface area contributed by atoms with Crippen LogP contribution in [0.5, 0.6) is 0 Å². The molecule has 2 aromatic rings. The van der Waals surface area contributed by atoms with Crippen molar-refractivity contribution in [2.24, 2.45) is 0 Å². The largest absolute Gasteiger partial charge is 0.360 e. The number of aromatic amines is 1. The molecule has 0 radical (unpaired) electrons. The monoisotopic (exact) mass is 349 g/mol. The van der Waals surface area contributed by atoms with Gasteiger partial charge in [0.1, 0.15) is 0 Å². The molecule has 2 nitrogen and oxygen atoms in total. The summed E-state index contributed by atoms with van der Waals surface area (Å²) in [6.07, 6.45) is 11.2.